The molecule has 0 heterocycles. The Morgan fingerprint density at radius 2 is 1.95 bits per heavy atom. The van der Waals surface area contributed by atoms with Gasteiger partial charge in [0.1, 0.15) is 5.75 Å². The summed E-state index contributed by atoms with van der Waals surface area (Å²) in [6.07, 6.45) is 2.53. The van der Waals surface area contributed by atoms with Gasteiger partial charge in [0, 0.05) is 25.6 Å². The Morgan fingerprint density at radius 3 is 2.50 bits per heavy atom. The van der Waals surface area contributed by atoms with Crippen molar-refractivity contribution in [1.82, 2.24) is 5.32 Å². The number of hydrogen-bond donors (Lipinski definition) is 1. The van der Waals surface area contributed by atoms with Crippen molar-refractivity contribution in [3.05, 3.63) is 29.8 Å². The van der Waals surface area contributed by atoms with Crippen molar-refractivity contribution >= 4 is 0 Å². The van der Waals surface area contributed by atoms with Crippen LogP contribution < -0.4 is 10.1 Å². The highest BCUT2D eigenvalue weighted by Gasteiger charge is 2.42. The van der Waals surface area contributed by atoms with Crippen LogP contribution in [0.5, 0.6) is 5.75 Å². The van der Waals surface area contributed by atoms with Crippen molar-refractivity contribution in [2.75, 3.05) is 33.4 Å². The molecule has 1 N–H and O–H groups in total. The standard InChI is InChI=1S/C17H27NO2/c1-4-20-16-7-5-15(6-8-16)17(11-14(2)12-17)13-18-9-10-19-3/h5-8,14,18H,4,9-13H2,1-3H3. The Labute approximate surface area is 122 Å². The molecule has 0 amide bonds. The largest absolute Gasteiger partial charge is 0.494 e. The average molecular weight is 277 g/mol. The lowest BCUT2D eigenvalue weighted by molar-refractivity contribution is 0.144. The van der Waals surface area contributed by atoms with Crippen LogP contribution >= 0.6 is 0 Å². The number of rotatable bonds is 8. The smallest absolute Gasteiger partial charge is 0.119 e. The van der Waals surface area contributed by atoms with Crippen LogP contribution in [0.2, 0.25) is 0 Å². The van der Waals surface area contributed by atoms with Crippen LogP contribution in [0.1, 0.15) is 32.3 Å². The molecule has 0 aromatic heterocycles. The van der Waals surface area contributed by atoms with Crippen LogP contribution in [0.3, 0.4) is 0 Å². The zero-order valence-electron chi connectivity index (χ0n) is 12.9. The van der Waals surface area contributed by atoms with Gasteiger partial charge in [-0.05, 0) is 43.4 Å². The minimum absolute atomic E-state index is 0.303. The van der Waals surface area contributed by atoms with Crippen molar-refractivity contribution in [2.45, 2.75) is 32.1 Å². The molecule has 3 heteroatoms. The summed E-state index contributed by atoms with van der Waals surface area (Å²) in [4.78, 5) is 0. The number of methoxy groups -OCH3 is 1. The first kappa shape index (κ1) is 15.3. The normalized spacial score (nSPS) is 25.2. The van der Waals surface area contributed by atoms with E-state index >= 15 is 0 Å². The topological polar surface area (TPSA) is 30.5 Å². The molecular weight excluding hydrogens is 250 g/mol. The van der Waals surface area contributed by atoms with Gasteiger partial charge >= 0.3 is 0 Å². The lowest BCUT2D eigenvalue weighted by Crippen LogP contribution is -2.48. The van der Waals surface area contributed by atoms with Gasteiger partial charge in [0.05, 0.1) is 13.2 Å². The van der Waals surface area contributed by atoms with Crippen LogP contribution in [0.4, 0.5) is 0 Å². The fraction of sp³-hybridized carbons (Fsp3) is 0.647. The van der Waals surface area contributed by atoms with Gasteiger partial charge in [-0.15, -0.1) is 0 Å². The molecule has 0 saturated heterocycles. The minimum atomic E-state index is 0.303. The first-order valence-electron chi connectivity index (χ1n) is 7.63. The zero-order chi connectivity index (χ0) is 14.4. The Kier molecular flexibility index (Phi) is 5.44. The lowest BCUT2D eigenvalue weighted by atomic mass is 9.59. The molecule has 0 aliphatic heterocycles. The van der Waals surface area contributed by atoms with Gasteiger partial charge < -0.3 is 14.8 Å². The Bertz CT molecular complexity index is 396. The van der Waals surface area contributed by atoms with Crippen molar-refractivity contribution in [1.29, 1.82) is 0 Å². The molecule has 2 rings (SSSR count). The van der Waals surface area contributed by atoms with E-state index in [4.69, 9.17) is 9.47 Å². The highest BCUT2D eigenvalue weighted by Crippen LogP contribution is 2.47. The summed E-state index contributed by atoms with van der Waals surface area (Å²) >= 11 is 0. The molecule has 0 unspecified atom stereocenters. The number of ether oxygens (including phenoxy) is 2. The molecule has 1 aromatic carbocycles. The van der Waals surface area contributed by atoms with E-state index in [0.29, 0.717) is 5.41 Å². The summed E-state index contributed by atoms with van der Waals surface area (Å²) < 4.78 is 10.6. The van der Waals surface area contributed by atoms with E-state index in [0.717, 1.165) is 38.0 Å². The molecule has 1 aliphatic carbocycles. The van der Waals surface area contributed by atoms with E-state index in [1.807, 2.05) is 6.92 Å². The van der Waals surface area contributed by atoms with E-state index < -0.39 is 0 Å². The van der Waals surface area contributed by atoms with E-state index in [9.17, 15) is 0 Å². The second-order valence-electron chi connectivity index (χ2n) is 5.92. The summed E-state index contributed by atoms with van der Waals surface area (Å²) in [7, 11) is 1.75. The molecule has 3 nitrogen and oxygen atoms in total. The van der Waals surface area contributed by atoms with Gasteiger partial charge in [0.15, 0.2) is 0 Å². The lowest BCUT2D eigenvalue weighted by Gasteiger charge is -2.47. The third-order valence-electron chi connectivity index (χ3n) is 4.20. The van der Waals surface area contributed by atoms with Gasteiger partial charge in [-0.25, -0.2) is 0 Å². The third kappa shape index (κ3) is 3.53. The second-order valence-corrected chi connectivity index (χ2v) is 5.92. The molecule has 0 bridgehead atoms. The Morgan fingerprint density at radius 1 is 1.25 bits per heavy atom. The third-order valence-corrected chi connectivity index (χ3v) is 4.20. The van der Waals surface area contributed by atoms with Crippen LogP contribution in [0, 0.1) is 5.92 Å². The van der Waals surface area contributed by atoms with Gasteiger partial charge in [-0.3, -0.25) is 0 Å². The summed E-state index contributed by atoms with van der Waals surface area (Å²) in [6.45, 7) is 7.80. The maximum Gasteiger partial charge on any atom is 0.119 e. The van der Waals surface area contributed by atoms with E-state index in [-0.39, 0.29) is 0 Å². The number of nitrogens with one attached hydrogen (secondary N) is 1. The molecule has 0 spiro atoms. The molecule has 1 fully saturated rings. The Balaban J connectivity index is 2.00. The molecule has 1 saturated carbocycles. The maximum atomic E-state index is 5.53. The van der Waals surface area contributed by atoms with Gasteiger partial charge in [-0.1, -0.05) is 19.1 Å². The fourth-order valence-corrected chi connectivity index (χ4v) is 3.33. The zero-order valence-corrected chi connectivity index (χ0v) is 12.9. The van der Waals surface area contributed by atoms with Gasteiger partial charge in [-0.2, -0.15) is 0 Å². The first-order chi connectivity index (χ1) is 9.70. The minimum Gasteiger partial charge on any atom is -0.494 e. The predicted octanol–water partition coefficient (Wildman–Crippen LogP) is 2.99. The van der Waals surface area contributed by atoms with Crippen LogP contribution in [-0.2, 0) is 10.2 Å². The molecular formula is C17H27NO2. The quantitative estimate of drug-likeness (QED) is 0.741. The highest BCUT2D eigenvalue weighted by atomic mass is 16.5. The summed E-state index contributed by atoms with van der Waals surface area (Å²) in [6, 6.07) is 8.65. The van der Waals surface area contributed by atoms with Crippen LogP contribution in [0.15, 0.2) is 24.3 Å². The monoisotopic (exact) mass is 277 g/mol. The molecule has 20 heavy (non-hydrogen) atoms. The molecule has 112 valence electrons. The Hall–Kier alpha value is -1.06. The van der Waals surface area contributed by atoms with Crippen molar-refractivity contribution < 1.29 is 9.47 Å². The van der Waals surface area contributed by atoms with E-state index in [2.05, 4.69) is 36.5 Å². The molecule has 1 aromatic rings. The van der Waals surface area contributed by atoms with Gasteiger partial charge in [0.25, 0.3) is 0 Å². The molecule has 1 aliphatic rings. The first-order valence-corrected chi connectivity index (χ1v) is 7.63. The maximum absolute atomic E-state index is 5.53. The highest BCUT2D eigenvalue weighted by molar-refractivity contribution is 5.35. The average Bonchev–Trinajstić information content (AvgIpc) is 2.42. The van der Waals surface area contributed by atoms with E-state index in [1.54, 1.807) is 7.11 Å². The summed E-state index contributed by atoms with van der Waals surface area (Å²) in [5.41, 5.74) is 1.74. The predicted molar refractivity (Wildman–Crippen MR) is 82.4 cm³/mol. The van der Waals surface area contributed by atoms with Gasteiger partial charge in [0.2, 0.25) is 0 Å². The second kappa shape index (κ2) is 7.09. The van der Waals surface area contributed by atoms with Crippen LogP contribution in [0.25, 0.3) is 0 Å². The number of benzene rings is 1. The molecule has 0 atom stereocenters. The molecule has 0 radical (unpaired) electrons. The summed E-state index contributed by atoms with van der Waals surface area (Å²) in [5, 5.41) is 3.53. The SMILES string of the molecule is CCOc1ccc(C2(CNCCOC)CC(C)C2)cc1. The fourth-order valence-electron chi connectivity index (χ4n) is 3.33. The number of hydrogen-bond acceptors (Lipinski definition) is 3. The van der Waals surface area contributed by atoms with E-state index in [1.165, 1.54) is 18.4 Å². The van der Waals surface area contributed by atoms with Crippen molar-refractivity contribution in [3.63, 3.8) is 0 Å². The van der Waals surface area contributed by atoms with Crippen molar-refractivity contribution in [3.8, 4) is 5.75 Å². The van der Waals surface area contributed by atoms with Crippen molar-refractivity contribution in [2.24, 2.45) is 5.92 Å². The summed E-state index contributed by atoms with van der Waals surface area (Å²) in [5.74, 6) is 1.79. The van der Waals surface area contributed by atoms with Crippen LogP contribution in [-0.4, -0.2) is 33.4 Å².